The summed E-state index contributed by atoms with van der Waals surface area (Å²) in [6, 6.07) is 6.03. The summed E-state index contributed by atoms with van der Waals surface area (Å²) in [7, 11) is 4.02. The molecule has 2 aromatic rings. The Labute approximate surface area is 350 Å². The molecule has 4 fully saturated rings. The quantitative estimate of drug-likeness (QED) is 0.215. The van der Waals surface area contributed by atoms with Gasteiger partial charge in [-0.2, -0.15) is 5.26 Å². The first-order chi connectivity index (χ1) is 27.6. The predicted octanol–water partition coefficient (Wildman–Crippen LogP) is 8.68. The fourth-order valence-electron chi connectivity index (χ4n) is 13.4. The molecule has 0 spiro atoms. The summed E-state index contributed by atoms with van der Waals surface area (Å²) in [6.45, 7) is 20.8. The van der Waals surface area contributed by atoms with Crippen LogP contribution in [-0.4, -0.2) is 76.2 Å². The third-order valence-electron chi connectivity index (χ3n) is 16.8. The molecule has 12 nitrogen and oxygen atoms in total. The molecule has 5 aliphatic rings. The molecule has 5 aliphatic carbocycles. The van der Waals surface area contributed by atoms with Crippen LogP contribution in [0.25, 0.3) is 0 Å². The van der Waals surface area contributed by atoms with Crippen molar-refractivity contribution in [1.82, 2.24) is 20.1 Å². The number of allylic oxidation sites excluding steroid dienone is 2. The number of pyridine rings is 1. The molecule has 3 unspecified atom stereocenters. The molecule has 59 heavy (non-hydrogen) atoms. The number of carbonyl (C=O) groups is 3. The molecule has 1 N–H and O–H groups in total. The average Bonchev–Trinajstić information content (AvgIpc) is 3.76. The Morgan fingerprint density at radius 2 is 1.71 bits per heavy atom. The number of nitrogens with zero attached hydrogens (tertiary/aromatic N) is 6. The van der Waals surface area contributed by atoms with Crippen LogP contribution in [-0.2, 0) is 24.5 Å². The van der Waals surface area contributed by atoms with Crippen LogP contribution in [0, 0.1) is 62.1 Å². The molecule has 0 saturated heterocycles. The minimum atomic E-state index is -1.18. The lowest BCUT2D eigenvalue weighted by Crippen LogP contribution is -2.66. The molecule has 2 aromatic heterocycles. The van der Waals surface area contributed by atoms with Crippen molar-refractivity contribution in [2.75, 3.05) is 32.1 Å². The Balaban J connectivity index is 1.21. The van der Waals surface area contributed by atoms with Crippen LogP contribution < -0.4 is 4.90 Å². The maximum atomic E-state index is 14.4. The van der Waals surface area contributed by atoms with Gasteiger partial charge in [0.1, 0.15) is 18.0 Å². The van der Waals surface area contributed by atoms with E-state index in [2.05, 4.69) is 69.5 Å². The smallest absolute Gasteiger partial charge is 0.324 e. The van der Waals surface area contributed by atoms with Gasteiger partial charge in [0.25, 0.3) is 0 Å². The summed E-state index contributed by atoms with van der Waals surface area (Å²) in [5.74, 6) is 0.925. The van der Waals surface area contributed by atoms with Crippen LogP contribution in [0.1, 0.15) is 138 Å². The number of hydrogen-bond acceptors (Lipinski definition) is 11. The first-order valence-electron chi connectivity index (χ1n) is 21.9. The molecule has 0 amide bonds. The highest BCUT2D eigenvalue weighted by molar-refractivity contribution is 6.01. The lowest BCUT2D eigenvalue weighted by atomic mass is 9.33. The number of aliphatic carboxylic acids is 1. The van der Waals surface area contributed by atoms with Crippen molar-refractivity contribution in [1.29, 1.82) is 5.26 Å². The lowest BCUT2D eigenvalue weighted by Gasteiger charge is -2.72. The number of fused-ring (bicyclic) bond motifs is 7. The van der Waals surface area contributed by atoms with Crippen molar-refractivity contribution in [3.63, 3.8) is 0 Å². The number of hydrogen-bond donors (Lipinski definition) is 1. The molecule has 0 radical (unpaired) electrons. The number of nitriles is 1. The number of anilines is 2. The zero-order valence-electron chi connectivity index (χ0n) is 37.3. The van der Waals surface area contributed by atoms with Crippen molar-refractivity contribution in [2.24, 2.45) is 50.7 Å². The number of rotatable bonds is 11. The zero-order valence-corrected chi connectivity index (χ0v) is 37.3. The summed E-state index contributed by atoms with van der Waals surface area (Å²) in [6.07, 6.45) is 8.99. The number of esters is 1. The van der Waals surface area contributed by atoms with Crippen LogP contribution in [0.2, 0.25) is 0 Å². The molecule has 320 valence electrons. The number of aromatic nitrogens is 3. The number of ketones is 1. The van der Waals surface area contributed by atoms with E-state index in [1.54, 1.807) is 32.2 Å². The molecular weight excluding hydrogens is 745 g/mol. The highest BCUT2D eigenvalue weighted by Gasteiger charge is 2.71. The Bertz CT molecular complexity index is 2060. The third-order valence-corrected chi connectivity index (χ3v) is 16.8. The van der Waals surface area contributed by atoms with Gasteiger partial charge in [-0.1, -0.05) is 53.6 Å². The molecule has 0 aliphatic heterocycles. The lowest BCUT2D eigenvalue weighted by molar-refractivity contribution is -0.232. The fraction of sp³-hybridized carbons (Fsp3) is 0.723. The van der Waals surface area contributed by atoms with E-state index < -0.39 is 22.8 Å². The highest BCUT2D eigenvalue weighted by Crippen LogP contribution is 2.77. The van der Waals surface area contributed by atoms with Crippen LogP contribution in [0.4, 0.5) is 11.8 Å². The second-order valence-electron chi connectivity index (χ2n) is 21.3. The van der Waals surface area contributed by atoms with E-state index in [0.717, 1.165) is 56.9 Å². The Hall–Kier alpha value is -4.11. The predicted molar refractivity (Wildman–Crippen MR) is 223 cm³/mol. The van der Waals surface area contributed by atoms with Crippen LogP contribution in [0.5, 0.6) is 0 Å². The zero-order chi connectivity index (χ0) is 43.1. The average molecular weight is 811 g/mol. The summed E-state index contributed by atoms with van der Waals surface area (Å²) >= 11 is 0. The van der Waals surface area contributed by atoms with Gasteiger partial charge in [-0.15, -0.1) is 5.10 Å². The number of Topliss-reactive ketones (excluding diaryl/α,β-unsaturated/α-hetero) is 1. The van der Waals surface area contributed by atoms with Gasteiger partial charge in [0.05, 0.1) is 22.8 Å². The molecular formula is C47H66N6O6. The molecule has 8 atom stereocenters. The van der Waals surface area contributed by atoms with Gasteiger partial charge < -0.3 is 19.2 Å². The summed E-state index contributed by atoms with van der Waals surface area (Å²) < 4.78 is 13.0. The van der Waals surface area contributed by atoms with Crippen LogP contribution in [0.3, 0.4) is 0 Å². The fourth-order valence-corrected chi connectivity index (χ4v) is 13.4. The Kier molecular flexibility index (Phi) is 10.8. The SMILES string of the molecule is CC(C)C1=C2C3CC[C@@H]4C5(C)CCC(OC(=O)CC(C)(C)C(=O)O)C(C)(C)[C@@H]5CC[C@@]4(C)[C@]3(C)CC[C@@]2(c2nnc(N(CCN(C)C)c3ccc(C#N)cn3)o2)CC1=O. The maximum absolute atomic E-state index is 14.4. The highest BCUT2D eigenvalue weighted by atomic mass is 16.5. The van der Waals surface area contributed by atoms with Gasteiger partial charge in [-0.05, 0) is 143 Å². The van der Waals surface area contributed by atoms with Crippen molar-refractivity contribution in [3.8, 4) is 6.07 Å². The molecule has 0 aromatic carbocycles. The van der Waals surface area contributed by atoms with Gasteiger partial charge in [-0.25, -0.2) is 4.98 Å². The summed E-state index contributed by atoms with van der Waals surface area (Å²) in [4.78, 5) is 47.9. The molecule has 12 heteroatoms. The van der Waals surface area contributed by atoms with Crippen molar-refractivity contribution in [3.05, 3.63) is 40.9 Å². The largest absolute Gasteiger partial charge is 0.481 e. The summed E-state index contributed by atoms with van der Waals surface area (Å²) in [5, 5.41) is 28.5. The third kappa shape index (κ3) is 6.72. The van der Waals surface area contributed by atoms with E-state index in [1.807, 2.05) is 19.0 Å². The standard InChI is InChI=1S/C47H66N6O6/c1-28(2)37-31(54)24-47(39-50-51-41(59-39)53(23-22-52(10)11)35-15-12-29(26-48)27-49-35)21-20-45(8)30(38(37)47)13-14-33-44(7)18-17-34(58-36(55)25-42(3,4)40(56)57)43(5,6)32(44)16-19-46(33,45)9/h12,15,27-28,30,32-34H,13-14,16-25H2,1-11H3,(H,56,57)/t30?,32-,33+,34?,44?,45+,46+,47+/m0/s1. The van der Waals surface area contributed by atoms with E-state index in [4.69, 9.17) is 14.3 Å². The molecule has 4 saturated carbocycles. The van der Waals surface area contributed by atoms with Crippen molar-refractivity contribution in [2.45, 2.75) is 138 Å². The van der Waals surface area contributed by atoms with E-state index >= 15 is 0 Å². The minimum absolute atomic E-state index is 0.00337. The van der Waals surface area contributed by atoms with Crippen molar-refractivity contribution < 1.29 is 28.6 Å². The second-order valence-corrected chi connectivity index (χ2v) is 21.3. The van der Waals surface area contributed by atoms with Gasteiger partial charge in [0.2, 0.25) is 5.89 Å². The Morgan fingerprint density at radius 1 is 0.983 bits per heavy atom. The normalized spacial score (nSPS) is 33.8. The Morgan fingerprint density at radius 3 is 2.34 bits per heavy atom. The number of likely N-dealkylation sites (N-methyl/N-ethyl adjacent to an activating group) is 1. The first kappa shape index (κ1) is 43.0. The minimum Gasteiger partial charge on any atom is -0.481 e. The van der Waals surface area contributed by atoms with Crippen molar-refractivity contribution >= 4 is 29.6 Å². The molecule has 7 rings (SSSR count). The van der Waals surface area contributed by atoms with E-state index in [0.29, 0.717) is 54.6 Å². The number of ether oxygens (including phenoxy) is 1. The van der Waals surface area contributed by atoms with E-state index in [-0.39, 0.29) is 51.8 Å². The summed E-state index contributed by atoms with van der Waals surface area (Å²) in [5.41, 5.74) is 0.505. The number of carboxylic acid groups (broad SMARTS) is 1. The van der Waals surface area contributed by atoms with Crippen LogP contribution in [0.15, 0.2) is 33.9 Å². The monoisotopic (exact) mass is 811 g/mol. The van der Waals surface area contributed by atoms with Gasteiger partial charge >= 0.3 is 18.0 Å². The van der Waals surface area contributed by atoms with E-state index in [1.165, 1.54) is 5.57 Å². The first-order valence-corrected chi connectivity index (χ1v) is 21.9. The molecule has 2 heterocycles. The molecule has 0 bridgehead atoms. The van der Waals surface area contributed by atoms with Gasteiger partial charge in [-0.3, -0.25) is 19.3 Å². The van der Waals surface area contributed by atoms with Gasteiger partial charge in [0, 0.05) is 31.1 Å². The number of carbonyl (C=O) groups excluding carboxylic acids is 2. The second kappa shape index (κ2) is 14.8. The van der Waals surface area contributed by atoms with Gasteiger partial charge in [0.15, 0.2) is 5.78 Å². The maximum Gasteiger partial charge on any atom is 0.324 e. The van der Waals surface area contributed by atoms with E-state index in [9.17, 15) is 24.8 Å². The topological polar surface area (TPSA) is 163 Å². The number of carboxylic acids is 1. The van der Waals surface area contributed by atoms with Crippen LogP contribution >= 0.6 is 0 Å².